The SMILES string of the molecule is CC1CCC(Oc2ccc3c(CN4C5CCC4CC(C(=O)O)C5)cccc3c2C(F)(F)F)CC1. The highest BCUT2D eigenvalue weighted by molar-refractivity contribution is 5.91. The van der Waals surface area contributed by atoms with Gasteiger partial charge in [0.2, 0.25) is 0 Å². The van der Waals surface area contributed by atoms with Crippen LogP contribution in [0.3, 0.4) is 0 Å². The fourth-order valence-electron chi connectivity index (χ4n) is 6.39. The van der Waals surface area contributed by atoms with E-state index in [4.69, 9.17) is 4.74 Å². The molecule has 4 nitrogen and oxygen atoms in total. The number of alkyl halides is 3. The number of carboxylic acid groups (broad SMARTS) is 1. The zero-order valence-electron chi connectivity index (χ0n) is 19.5. The van der Waals surface area contributed by atoms with Crippen LogP contribution in [0.5, 0.6) is 5.75 Å². The van der Waals surface area contributed by atoms with Gasteiger partial charge in [0, 0.05) is 18.6 Å². The standard InChI is InChI=1S/C27H32F3NO3/c1-16-5-9-21(10-6-16)34-24-12-11-22-17(3-2-4-23(22)25(24)27(28,29)30)15-31-19-7-8-20(31)14-18(13-19)26(32)33/h2-4,11-12,16,18-21H,5-10,13-15H2,1H3,(H,32,33). The van der Waals surface area contributed by atoms with Crippen LogP contribution < -0.4 is 4.74 Å². The number of benzene rings is 2. The molecule has 7 heteroatoms. The Labute approximate surface area is 198 Å². The lowest BCUT2D eigenvalue weighted by atomic mass is 9.89. The first kappa shape index (κ1) is 23.5. The molecule has 0 aromatic heterocycles. The van der Waals surface area contributed by atoms with Crippen molar-refractivity contribution in [3.63, 3.8) is 0 Å². The summed E-state index contributed by atoms with van der Waals surface area (Å²) in [5, 5.41) is 10.2. The van der Waals surface area contributed by atoms with E-state index in [1.54, 1.807) is 18.2 Å². The van der Waals surface area contributed by atoms with Crippen LogP contribution in [0.1, 0.15) is 69.4 Å². The molecule has 2 aromatic rings. The number of carbonyl (C=O) groups is 1. The molecule has 2 aromatic carbocycles. The van der Waals surface area contributed by atoms with Crippen molar-refractivity contribution in [1.82, 2.24) is 4.90 Å². The minimum absolute atomic E-state index is 0.0703. The van der Waals surface area contributed by atoms with E-state index in [1.165, 1.54) is 6.07 Å². The Balaban J connectivity index is 1.45. The van der Waals surface area contributed by atoms with Gasteiger partial charge in [0.15, 0.2) is 0 Å². The van der Waals surface area contributed by atoms with Crippen LogP contribution in [0.15, 0.2) is 30.3 Å². The smallest absolute Gasteiger partial charge is 0.420 e. The first-order chi connectivity index (χ1) is 16.2. The number of halogens is 3. The van der Waals surface area contributed by atoms with Crippen LogP contribution >= 0.6 is 0 Å². The maximum Gasteiger partial charge on any atom is 0.420 e. The van der Waals surface area contributed by atoms with Gasteiger partial charge in [0.05, 0.1) is 12.0 Å². The third kappa shape index (κ3) is 4.51. The summed E-state index contributed by atoms with van der Waals surface area (Å²) in [7, 11) is 0. The molecular weight excluding hydrogens is 443 g/mol. The minimum Gasteiger partial charge on any atom is -0.490 e. The normalized spacial score (nSPS) is 29.9. The van der Waals surface area contributed by atoms with Gasteiger partial charge in [-0.25, -0.2) is 0 Å². The zero-order valence-corrected chi connectivity index (χ0v) is 19.5. The van der Waals surface area contributed by atoms with Crippen molar-refractivity contribution in [2.75, 3.05) is 0 Å². The van der Waals surface area contributed by atoms with Crippen molar-refractivity contribution in [1.29, 1.82) is 0 Å². The van der Waals surface area contributed by atoms with E-state index in [0.29, 0.717) is 30.7 Å². The minimum atomic E-state index is -4.52. The highest BCUT2D eigenvalue weighted by Crippen LogP contribution is 2.44. The van der Waals surface area contributed by atoms with Gasteiger partial charge in [0.1, 0.15) is 11.3 Å². The number of hydrogen-bond donors (Lipinski definition) is 1. The Morgan fingerprint density at radius 1 is 1.00 bits per heavy atom. The number of hydrogen-bond acceptors (Lipinski definition) is 3. The summed E-state index contributed by atoms with van der Waals surface area (Å²) in [6.45, 7) is 2.71. The molecule has 1 aliphatic carbocycles. The number of ether oxygens (including phenoxy) is 1. The molecule has 2 atom stereocenters. The fraction of sp³-hybridized carbons (Fsp3) is 0.593. The summed E-state index contributed by atoms with van der Waals surface area (Å²) >= 11 is 0. The van der Waals surface area contributed by atoms with Crippen LogP contribution in [-0.4, -0.2) is 34.2 Å². The van der Waals surface area contributed by atoms with Gasteiger partial charge < -0.3 is 9.84 Å². The summed E-state index contributed by atoms with van der Waals surface area (Å²) < 4.78 is 48.8. The highest BCUT2D eigenvalue weighted by Gasteiger charge is 2.43. The van der Waals surface area contributed by atoms with Crippen molar-refractivity contribution in [2.24, 2.45) is 11.8 Å². The lowest BCUT2D eigenvalue weighted by Gasteiger charge is -2.37. The monoisotopic (exact) mass is 475 g/mol. The Hall–Kier alpha value is -2.28. The van der Waals surface area contributed by atoms with Crippen LogP contribution in [0.25, 0.3) is 10.8 Å². The molecule has 3 aliphatic rings. The molecule has 2 heterocycles. The fourth-order valence-corrected chi connectivity index (χ4v) is 6.39. The number of nitrogens with zero attached hydrogens (tertiary/aromatic N) is 1. The van der Waals surface area contributed by atoms with Crippen molar-refractivity contribution >= 4 is 16.7 Å². The number of rotatable bonds is 5. The molecule has 2 aliphatic heterocycles. The first-order valence-corrected chi connectivity index (χ1v) is 12.5. The predicted molar refractivity (Wildman–Crippen MR) is 124 cm³/mol. The van der Waals surface area contributed by atoms with Gasteiger partial charge >= 0.3 is 12.1 Å². The Morgan fingerprint density at radius 2 is 1.68 bits per heavy atom. The van der Waals surface area contributed by atoms with E-state index in [9.17, 15) is 23.1 Å². The number of fused-ring (bicyclic) bond motifs is 3. The van der Waals surface area contributed by atoms with E-state index < -0.39 is 17.7 Å². The molecule has 1 N–H and O–H groups in total. The average molecular weight is 476 g/mol. The first-order valence-electron chi connectivity index (χ1n) is 12.5. The third-order valence-electron chi connectivity index (χ3n) is 8.24. The molecular formula is C27H32F3NO3. The summed E-state index contributed by atoms with van der Waals surface area (Å²) in [5.41, 5.74) is 0.171. The molecule has 184 valence electrons. The average Bonchev–Trinajstić information content (AvgIpc) is 3.00. The lowest BCUT2D eigenvalue weighted by Crippen LogP contribution is -2.44. The molecule has 2 saturated heterocycles. The van der Waals surface area contributed by atoms with Gasteiger partial charge in [-0.2, -0.15) is 13.2 Å². The van der Waals surface area contributed by atoms with Gasteiger partial charge in [0.25, 0.3) is 0 Å². The summed E-state index contributed by atoms with van der Waals surface area (Å²) in [5.74, 6) is -0.534. The quantitative estimate of drug-likeness (QED) is 0.526. The highest BCUT2D eigenvalue weighted by atomic mass is 19.4. The topological polar surface area (TPSA) is 49.8 Å². The second kappa shape index (κ2) is 9.06. The van der Waals surface area contributed by atoms with Crippen molar-refractivity contribution in [3.05, 3.63) is 41.5 Å². The molecule has 2 bridgehead atoms. The van der Waals surface area contributed by atoms with Crippen molar-refractivity contribution < 1.29 is 27.8 Å². The Morgan fingerprint density at radius 3 is 2.29 bits per heavy atom. The van der Waals surface area contributed by atoms with Crippen LogP contribution in [0.2, 0.25) is 0 Å². The molecule has 2 unspecified atom stereocenters. The van der Waals surface area contributed by atoms with E-state index in [2.05, 4.69) is 11.8 Å². The number of aliphatic carboxylic acids is 1. The predicted octanol–water partition coefficient (Wildman–Crippen LogP) is 6.64. The van der Waals surface area contributed by atoms with Crippen molar-refractivity contribution in [2.45, 2.75) is 89.2 Å². The van der Waals surface area contributed by atoms with Crippen LogP contribution in [0, 0.1) is 11.8 Å². The summed E-state index contributed by atoms with van der Waals surface area (Å²) in [6, 6.07) is 8.76. The summed E-state index contributed by atoms with van der Waals surface area (Å²) in [4.78, 5) is 13.8. The van der Waals surface area contributed by atoms with E-state index >= 15 is 0 Å². The molecule has 0 radical (unpaired) electrons. The van der Waals surface area contributed by atoms with Crippen LogP contribution in [0.4, 0.5) is 13.2 Å². The molecule has 0 amide bonds. The van der Waals surface area contributed by atoms with Gasteiger partial charge in [-0.3, -0.25) is 9.69 Å². The van der Waals surface area contributed by atoms with Gasteiger partial charge in [-0.1, -0.05) is 31.2 Å². The van der Waals surface area contributed by atoms with E-state index in [0.717, 1.165) is 44.1 Å². The molecule has 5 rings (SSSR count). The molecule has 34 heavy (non-hydrogen) atoms. The Kier molecular flexibility index (Phi) is 6.25. The van der Waals surface area contributed by atoms with E-state index in [1.807, 2.05) is 6.07 Å². The van der Waals surface area contributed by atoms with E-state index in [-0.39, 0.29) is 35.2 Å². The second-order valence-electron chi connectivity index (χ2n) is 10.5. The number of carboxylic acids is 1. The largest absolute Gasteiger partial charge is 0.490 e. The maximum atomic E-state index is 14.3. The zero-order chi connectivity index (χ0) is 24.0. The third-order valence-corrected chi connectivity index (χ3v) is 8.24. The molecule has 0 spiro atoms. The maximum absolute atomic E-state index is 14.3. The van der Waals surface area contributed by atoms with Crippen LogP contribution in [-0.2, 0) is 17.5 Å². The van der Waals surface area contributed by atoms with Gasteiger partial charge in [-0.05, 0) is 79.7 Å². The van der Waals surface area contributed by atoms with Gasteiger partial charge in [-0.15, -0.1) is 0 Å². The summed E-state index contributed by atoms with van der Waals surface area (Å²) in [6.07, 6.45) is 1.95. The molecule has 1 saturated carbocycles. The van der Waals surface area contributed by atoms with Crippen molar-refractivity contribution in [3.8, 4) is 5.75 Å². The lowest BCUT2D eigenvalue weighted by molar-refractivity contribution is -0.144. The molecule has 3 fully saturated rings. The second-order valence-corrected chi connectivity index (χ2v) is 10.5. The number of piperidine rings is 1. The Bertz CT molecular complexity index is 1050.